The van der Waals surface area contributed by atoms with Crippen LogP contribution in [0.1, 0.15) is 57.8 Å². The highest BCUT2D eigenvalue weighted by Crippen LogP contribution is 2.17. The summed E-state index contributed by atoms with van der Waals surface area (Å²) in [5.41, 5.74) is 0. The van der Waals surface area contributed by atoms with Gasteiger partial charge in [0, 0.05) is 19.0 Å². The van der Waals surface area contributed by atoms with Crippen LogP contribution >= 0.6 is 0 Å². The molecule has 1 heterocycles. The Morgan fingerprint density at radius 1 is 0.929 bits per heavy atom. The maximum atomic E-state index is 4.49. The molecular weight excluding hydrogens is 172 g/mol. The highest BCUT2D eigenvalue weighted by molar-refractivity contribution is 5.83. The van der Waals surface area contributed by atoms with Crippen molar-refractivity contribution in [2.45, 2.75) is 63.8 Å². The minimum atomic E-state index is 0.729. The largest absolute Gasteiger partial charge is 0.371 e. The van der Waals surface area contributed by atoms with E-state index < -0.39 is 0 Å². The maximum absolute atomic E-state index is 4.49. The summed E-state index contributed by atoms with van der Waals surface area (Å²) in [6, 6.07) is 0.729. The second-order valence-corrected chi connectivity index (χ2v) is 4.62. The second-order valence-electron chi connectivity index (χ2n) is 4.62. The third-order valence-corrected chi connectivity index (χ3v) is 3.35. The summed E-state index contributed by atoms with van der Waals surface area (Å²) in [5.74, 6) is 1.29. The van der Waals surface area contributed by atoms with Gasteiger partial charge in [-0.05, 0) is 19.3 Å². The number of rotatable bonds is 1. The molecule has 2 aliphatic rings. The first-order valence-corrected chi connectivity index (χ1v) is 6.25. The van der Waals surface area contributed by atoms with Gasteiger partial charge >= 0.3 is 0 Å². The van der Waals surface area contributed by atoms with Crippen molar-refractivity contribution in [3.8, 4) is 0 Å². The number of aliphatic imine (C=N–C) groups is 1. The van der Waals surface area contributed by atoms with Crippen LogP contribution in [0.4, 0.5) is 0 Å². The molecule has 0 aromatic heterocycles. The van der Waals surface area contributed by atoms with E-state index in [0.717, 1.165) is 12.6 Å². The first-order valence-electron chi connectivity index (χ1n) is 6.25. The standard InChI is InChI=1S/C12H22N2/c1-2-4-7-11(8-5-3-1)14-12-9-6-10-13-12/h11H,1-10H2,(H,13,14). The van der Waals surface area contributed by atoms with Crippen molar-refractivity contribution in [1.29, 1.82) is 0 Å². The molecule has 14 heavy (non-hydrogen) atoms. The fraction of sp³-hybridized carbons (Fsp3) is 0.917. The second kappa shape index (κ2) is 5.38. The molecule has 0 unspecified atom stereocenters. The lowest BCUT2D eigenvalue weighted by atomic mass is 9.96. The van der Waals surface area contributed by atoms with E-state index in [-0.39, 0.29) is 0 Å². The van der Waals surface area contributed by atoms with Crippen molar-refractivity contribution in [2.24, 2.45) is 4.99 Å². The lowest BCUT2D eigenvalue weighted by Gasteiger charge is -2.21. The molecule has 0 amide bonds. The molecule has 1 aliphatic heterocycles. The lowest BCUT2D eigenvalue weighted by Crippen LogP contribution is -2.34. The highest BCUT2D eigenvalue weighted by atomic mass is 15.0. The van der Waals surface area contributed by atoms with Crippen LogP contribution in [0.2, 0.25) is 0 Å². The predicted octanol–water partition coefficient (Wildman–Crippen LogP) is 2.88. The summed E-state index contributed by atoms with van der Waals surface area (Å²) < 4.78 is 0. The summed E-state index contributed by atoms with van der Waals surface area (Å²) in [4.78, 5) is 4.49. The molecule has 1 aliphatic carbocycles. The quantitative estimate of drug-likeness (QED) is 0.682. The Kier molecular flexibility index (Phi) is 3.84. The minimum absolute atomic E-state index is 0.729. The molecule has 2 nitrogen and oxygen atoms in total. The van der Waals surface area contributed by atoms with Crippen molar-refractivity contribution >= 4 is 5.84 Å². The van der Waals surface area contributed by atoms with Crippen LogP contribution in [-0.2, 0) is 0 Å². The summed E-state index contributed by atoms with van der Waals surface area (Å²) in [6.45, 7) is 1.05. The van der Waals surface area contributed by atoms with Gasteiger partial charge in [0.25, 0.3) is 0 Å². The molecule has 0 bridgehead atoms. The summed E-state index contributed by atoms with van der Waals surface area (Å²) in [6.07, 6.45) is 12.3. The molecule has 1 N–H and O–H groups in total. The van der Waals surface area contributed by atoms with Gasteiger partial charge in [0.2, 0.25) is 0 Å². The van der Waals surface area contributed by atoms with Gasteiger partial charge < -0.3 is 5.32 Å². The molecule has 2 rings (SSSR count). The van der Waals surface area contributed by atoms with Crippen LogP contribution < -0.4 is 5.32 Å². The monoisotopic (exact) mass is 194 g/mol. The number of nitrogens with one attached hydrogen (secondary N) is 1. The normalized spacial score (nSPS) is 25.3. The molecule has 0 aromatic rings. The molecule has 0 atom stereocenters. The van der Waals surface area contributed by atoms with Crippen molar-refractivity contribution in [1.82, 2.24) is 5.32 Å². The van der Waals surface area contributed by atoms with E-state index in [2.05, 4.69) is 10.3 Å². The van der Waals surface area contributed by atoms with Crippen LogP contribution in [0.25, 0.3) is 0 Å². The van der Waals surface area contributed by atoms with Crippen molar-refractivity contribution in [3.63, 3.8) is 0 Å². The molecule has 2 heteroatoms. The minimum Gasteiger partial charge on any atom is -0.371 e. The van der Waals surface area contributed by atoms with E-state index in [1.165, 1.54) is 63.6 Å². The average molecular weight is 194 g/mol. The summed E-state index contributed by atoms with van der Waals surface area (Å²) >= 11 is 0. The Morgan fingerprint density at radius 2 is 1.64 bits per heavy atom. The van der Waals surface area contributed by atoms with E-state index in [0.29, 0.717) is 0 Å². The van der Waals surface area contributed by atoms with Gasteiger partial charge in [-0.25, -0.2) is 0 Å². The molecule has 1 saturated carbocycles. The molecule has 0 radical (unpaired) electrons. The van der Waals surface area contributed by atoms with Crippen LogP contribution in [0.5, 0.6) is 0 Å². The zero-order valence-electron chi connectivity index (χ0n) is 9.10. The molecule has 0 aromatic carbocycles. The van der Waals surface area contributed by atoms with E-state index in [4.69, 9.17) is 0 Å². The van der Waals surface area contributed by atoms with Gasteiger partial charge in [-0.2, -0.15) is 0 Å². The third kappa shape index (κ3) is 3.00. The zero-order chi connectivity index (χ0) is 9.64. The first kappa shape index (κ1) is 10.0. The summed E-state index contributed by atoms with van der Waals surface area (Å²) in [5, 5.41) is 3.64. The third-order valence-electron chi connectivity index (χ3n) is 3.35. The van der Waals surface area contributed by atoms with Crippen LogP contribution in [-0.4, -0.2) is 18.4 Å². The number of hydrogen-bond acceptors (Lipinski definition) is 2. The molecule has 0 saturated heterocycles. The predicted molar refractivity (Wildman–Crippen MR) is 60.8 cm³/mol. The zero-order valence-corrected chi connectivity index (χ0v) is 9.10. The number of hydrogen-bond donors (Lipinski definition) is 1. The maximum Gasteiger partial charge on any atom is 0.0965 e. The van der Waals surface area contributed by atoms with Gasteiger partial charge in [0.05, 0.1) is 5.84 Å². The lowest BCUT2D eigenvalue weighted by molar-refractivity contribution is 0.427. The van der Waals surface area contributed by atoms with Gasteiger partial charge in [0.1, 0.15) is 0 Å². The van der Waals surface area contributed by atoms with E-state index >= 15 is 0 Å². The van der Waals surface area contributed by atoms with Gasteiger partial charge in [-0.15, -0.1) is 0 Å². The SMILES string of the molecule is C1CCCC(NC2=NCCC2)CCC1. The van der Waals surface area contributed by atoms with Crippen molar-refractivity contribution in [3.05, 3.63) is 0 Å². The Labute approximate surface area is 87.2 Å². The Hall–Kier alpha value is -0.530. The van der Waals surface area contributed by atoms with Crippen LogP contribution in [0, 0.1) is 0 Å². The molecular formula is C12H22N2. The van der Waals surface area contributed by atoms with Crippen LogP contribution in [0.3, 0.4) is 0 Å². The van der Waals surface area contributed by atoms with Crippen molar-refractivity contribution in [2.75, 3.05) is 6.54 Å². The molecule has 0 spiro atoms. The Balaban J connectivity index is 1.76. The molecule has 80 valence electrons. The average Bonchev–Trinajstić information content (AvgIpc) is 2.62. The smallest absolute Gasteiger partial charge is 0.0965 e. The van der Waals surface area contributed by atoms with E-state index in [1.807, 2.05) is 0 Å². The number of amidine groups is 1. The Morgan fingerprint density at radius 3 is 2.29 bits per heavy atom. The van der Waals surface area contributed by atoms with E-state index in [1.54, 1.807) is 0 Å². The highest BCUT2D eigenvalue weighted by Gasteiger charge is 2.14. The number of nitrogens with zero attached hydrogens (tertiary/aromatic N) is 1. The first-order chi connectivity index (χ1) is 6.95. The van der Waals surface area contributed by atoms with Crippen LogP contribution in [0.15, 0.2) is 4.99 Å². The van der Waals surface area contributed by atoms with Crippen molar-refractivity contribution < 1.29 is 0 Å². The Bertz CT molecular complexity index is 190. The van der Waals surface area contributed by atoms with Gasteiger partial charge in [-0.1, -0.05) is 32.1 Å². The van der Waals surface area contributed by atoms with Gasteiger partial charge in [0.15, 0.2) is 0 Å². The molecule has 1 fully saturated rings. The van der Waals surface area contributed by atoms with Gasteiger partial charge in [-0.3, -0.25) is 4.99 Å². The topological polar surface area (TPSA) is 24.4 Å². The van der Waals surface area contributed by atoms with E-state index in [9.17, 15) is 0 Å². The fourth-order valence-corrected chi connectivity index (χ4v) is 2.49. The fourth-order valence-electron chi connectivity index (χ4n) is 2.49. The summed E-state index contributed by atoms with van der Waals surface area (Å²) in [7, 11) is 0.